The van der Waals surface area contributed by atoms with Gasteiger partial charge < -0.3 is 14.6 Å². The number of hydrogen-bond donors (Lipinski definition) is 1. The van der Waals surface area contributed by atoms with Crippen LogP contribution in [0, 0.1) is 0 Å². The maximum Gasteiger partial charge on any atom is 0.142 e. The van der Waals surface area contributed by atoms with Gasteiger partial charge in [-0.05, 0) is 47.9 Å². The minimum Gasteiger partial charge on any atom is -0.508 e. The topological polar surface area (TPSA) is 41.9 Å². The summed E-state index contributed by atoms with van der Waals surface area (Å²) in [6.45, 7) is 4.12. The van der Waals surface area contributed by atoms with E-state index in [4.69, 9.17) is 9.47 Å². The summed E-state index contributed by atoms with van der Waals surface area (Å²) in [6, 6.07) is 22.2. The van der Waals surface area contributed by atoms with Crippen molar-refractivity contribution in [2.45, 2.75) is 19.5 Å². The Morgan fingerprint density at radius 3 is 2.52 bits per heavy atom. The summed E-state index contributed by atoms with van der Waals surface area (Å²) < 4.78 is 12.1. The number of nitrogens with zero attached hydrogens (tertiary/aromatic N) is 1. The van der Waals surface area contributed by atoms with E-state index in [1.165, 1.54) is 11.1 Å². The molecule has 1 atom stereocenters. The molecule has 3 aromatic rings. The molecule has 0 spiro atoms. The van der Waals surface area contributed by atoms with E-state index in [1.54, 1.807) is 12.1 Å². The van der Waals surface area contributed by atoms with E-state index >= 15 is 0 Å². The van der Waals surface area contributed by atoms with Crippen LogP contribution in [0.3, 0.4) is 0 Å². The lowest BCUT2D eigenvalue weighted by molar-refractivity contribution is 0.0614. The Balaban J connectivity index is 1.43. The molecule has 0 bridgehead atoms. The van der Waals surface area contributed by atoms with Gasteiger partial charge in [0.25, 0.3) is 0 Å². The molecule has 5 rings (SSSR count). The summed E-state index contributed by atoms with van der Waals surface area (Å²) in [5, 5.41) is 9.53. The molecule has 1 unspecified atom stereocenters. The van der Waals surface area contributed by atoms with E-state index in [2.05, 4.69) is 48.2 Å². The van der Waals surface area contributed by atoms with Gasteiger partial charge in [-0.2, -0.15) is 0 Å². The monoisotopic (exact) mass is 385 g/mol. The van der Waals surface area contributed by atoms with Crippen molar-refractivity contribution in [3.05, 3.63) is 89.0 Å². The van der Waals surface area contributed by atoms with Crippen LogP contribution >= 0.6 is 0 Å². The highest BCUT2D eigenvalue weighted by Crippen LogP contribution is 2.39. The normalized spacial score (nSPS) is 16.7. The van der Waals surface area contributed by atoms with Crippen molar-refractivity contribution in [3.8, 4) is 17.2 Å². The Labute approximate surface area is 170 Å². The van der Waals surface area contributed by atoms with Gasteiger partial charge in [-0.25, -0.2) is 0 Å². The lowest BCUT2D eigenvalue weighted by Crippen LogP contribution is -2.34. The quantitative estimate of drug-likeness (QED) is 0.670. The summed E-state index contributed by atoms with van der Waals surface area (Å²) in [4.78, 5) is 2.33. The fraction of sp³-hybridized carbons (Fsp3) is 0.200. The lowest BCUT2D eigenvalue weighted by Gasteiger charge is -2.34. The second kappa shape index (κ2) is 7.30. The Hall–Kier alpha value is -3.24. The molecule has 0 saturated carbocycles. The number of rotatable bonds is 3. The lowest BCUT2D eigenvalue weighted by atomic mass is 9.98. The van der Waals surface area contributed by atoms with Crippen LogP contribution in [0.5, 0.6) is 17.2 Å². The third-order valence-electron chi connectivity index (χ3n) is 5.73. The molecule has 146 valence electrons. The smallest absolute Gasteiger partial charge is 0.142 e. The van der Waals surface area contributed by atoms with Gasteiger partial charge in [-0.1, -0.05) is 42.5 Å². The number of phenolic OH excluding ortho intramolecular Hbond substituents is 1. The standard InChI is InChI=1S/C25H23NO3/c1-17(18-5-3-2-4-6-18)26-14-21-11-20-12-22(19-7-9-23(27)10-8-19)15-28-24(20)13-25(21)29-16-26/h2-13,17,27H,14-16H2,1H3. The fourth-order valence-electron chi connectivity index (χ4n) is 3.96. The predicted molar refractivity (Wildman–Crippen MR) is 114 cm³/mol. The molecule has 29 heavy (non-hydrogen) atoms. The first-order chi connectivity index (χ1) is 14.2. The molecule has 4 nitrogen and oxygen atoms in total. The van der Waals surface area contributed by atoms with Gasteiger partial charge in [0.15, 0.2) is 0 Å². The van der Waals surface area contributed by atoms with Crippen LogP contribution in [0.25, 0.3) is 11.6 Å². The van der Waals surface area contributed by atoms with Crippen molar-refractivity contribution >= 4 is 11.6 Å². The second-order valence-corrected chi connectivity index (χ2v) is 7.61. The Morgan fingerprint density at radius 1 is 0.931 bits per heavy atom. The van der Waals surface area contributed by atoms with Gasteiger partial charge >= 0.3 is 0 Å². The summed E-state index contributed by atoms with van der Waals surface area (Å²) in [5.74, 6) is 2.03. The third-order valence-corrected chi connectivity index (χ3v) is 5.73. The minimum absolute atomic E-state index is 0.269. The molecule has 4 heteroatoms. The minimum atomic E-state index is 0.269. The largest absolute Gasteiger partial charge is 0.508 e. The second-order valence-electron chi connectivity index (χ2n) is 7.61. The zero-order valence-electron chi connectivity index (χ0n) is 16.3. The molecule has 0 saturated heterocycles. The third kappa shape index (κ3) is 3.47. The van der Waals surface area contributed by atoms with Gasteiger partial charge in [0.1, 0.15) is 30.6 Å². The highest BCUT2D eigenvalue weighted by Gasteiger charge is 2.25. The molecule has 1 N–H and O–H groups in total. The Morgan fingerprint density at radius 2 is 1.72 bits per heavy atom. The van der Waals surface area contributed by atoms with Crippen molar-refractivity contribution in [1.82, 2.24) is 4.90 Å². The molecule has 0 radical (unpaired) electrons. The van der Waals surface area contributed by atoms with Crippen LogP contribution in [0.15, 0.2) is 66.7 Å². The number of ether oxygens (including phenoxy) is 2. The van der Waals surface area contributed by atoms with E-state index in [0.717, 1.165) is 34.7 Å². The summed E-state index contributed by atoms with van der Waals surface area (Å²) >= 11 is 0. The van der Waals surface area contributed by atoms with Crippen LogP contribution in [-0.2, 0) is 6.54 Å². The van der Waals surface area contributed by atoms with Crippen LogP contribution in [0.2, 0.25) is 0 Å². The van der Waals surface area contributed by atoms with Crippen molar-refractivity contribution in [2.24, 2.45) is 0 Å². The molecule has 2 aliphatic rings. The molecule has 2 aliphatic heterocycles. The van der Waals surface area contributed by atoms with Crippen molar-refractivity contribution in [3.63, 3.8) is 0 Å². The number of fused-ring (bicyclic) bond motifs is 2. The van der Waals surface area contributed by atoms with E-state index < -0.39 is 0 Å². The summed E-state index contributed by atoms with van der Waals surface area (Å²) in [7, 11) is 0. The first kappa shape index (κ1) is 17.8. The van der Waals surface area contributed by atoms with E-state index in [1.807, 2.05) is 24.3 Å². The van der Waals surface area contributed by atoms with E-state index in [9.17, 15) is 5.11 Å². The molecule has 0 amide bonds. The van der Waals surface area contributed by atoms with Crippen molar-refractivity contribution < 1.29 is 14.6 Å². The van der Waals surface area contributed by atoms with Gasteiger partial charge in [-0.3, -0.25) is 4.90 Å². The van der Waals surface area contributed by atoms with Crippen LogP contribution in [0.4, 0.5) is 0 Å². The maximum absolute atomic E-state index is 9.53. The molecule has 2 heterocycles. The Kier molecular flexibility index (Phi) is 4.49. The zero-order valence-corrected chi connectivity index (χ0v) is 16.3. The van der Waals surface area contributed by atoms with Crippen LogP contribution < -0.4 is 9.47 Å². The number of hydrogen-bond acceptors (Lipinski definition) is 4. The highest BCUT2D eigenvalue weighted by atomic mass is 16.5. The fourth-order valence-corrected chi connectivity index (χ4v) is 3.96. The van der Waals surface area contributed by atoms with Crippen molar-refractivity contribution in [2.75, 3.05) is 13.3 Å². The first-order valence-corrected chi connectivity index (χ1v) is 9.89. The summed E-state index contributed by atoms with van der Waals surface area (Å²) in [5.41, 5.74) is 5.68. The molecular weight excluding hydrogens is 362 g/mol. The molecule has 0 aliphatic carbocycles. The van der Waals surface area contributed by atoms with Gasteiger partial charge in [0, 0.05) is 29.8 Å². The molecule has 0 fully saturated rings. The molecule has 3 aromatic carbocycles. The van der Waals surface area contributed by atoms with Gasteiger partial charge in [-0.15, -0.1) is 0 Å². The number of benzene rings is 3. The van der Waals surface area contributed by atoms with Crippen molar-refractivity contribution in [1.29, 1.82) is 0 Å². The van der Waals surface area contributed by atoms with Gasteiger partial charge in [0.2, 0.25) is 0 Å². The predicted octanol–water partition coefficient (Wildman–Crippen LogP) is 5.24. The van der Waals surface area contributed by atoms with Gasteiger partial charge in [0.05, 0.1) is 0 Å². The van der Waals surface area contributed by atoms with Crippen LogP contribution in [0.1, 0.15) is 35.2 Å². The van der Waals surface area contributed by atoms with E-state index in [-0.39, 0.29) is 11.8 Å². The number of phenols is 1. The SMILES string of the molecule is CC(c1ccccc1)N1COc2cc3c(cc2C1)C=C(c1ccc(O)cc1)CO3. The Bertz CT molecular complexity index is 1060. The average Bonchev–Trinajstić information content (AvgIpc) is 2.77. The molecule has 0 aromatic heterocycles. The van der Waals surface area contributed by atoms with E-state index in [0.29, 0.717) is 13.3 Å². The van der Waals surface area contributed by atoms with Crippen LogP contribution in [-0.4, -0.2) is 23.3 Å². The number of aromatic hydroxyl groups is 1. The first-order valence-electron chi connectivity index (χ1n) is 9.89. The maximum atomic E-state index is 9.53. The average molecular weight is 385 g/mol. The zero-order chi connectivity index (χ0) is 19.8. The summed E-state index contributed by atoms with van der Waals surface area (Å²) in [6.07, 6.45) is 2.17. The highest BCUT2D eigenvalue weighted by molar-refractivity contribution is 5.86. The molecular formula is C25H23NO3.